The summed E-state index contributed by atoms with van der Waals surface area (Å²) in [7, 11) is 0. The van der Waals surface area contributed by atoms with Crippen LogP contribution < -0.4 is 5.56 Å². The summed E-state index contributed by atoms with van der Waals surface area (Å²) in [5.74, 6) is -0.277. The monoisotopic (exact) mass is 347 g/mol. The Morgan fingerprint density at radius 2 is 2.08 bits per heavy atom. The van der Waals surface area contributed by atoms with E-state index in [4.69, 9.17) is 5.26 Å². The van der Waals surface area contributed by atoms with Crippen LogP contribution in [0, 0.1) is 11.3 Å². The van der Waals surface area contributed by atoms with Crippen molar-refractivity contribution in [3.05, 3.63) is 51.7 Å². The average molecular weight is 347 g/mol. The molecule has 0 aliphatic carbocycles. The molecule has 3 aromatic heterocycles. The Balaban J connectivity index is 2.37. The van der Waals surface area contributed by atoms with Crippen molar-refractivity contribution in [3.8, 4) is 17.3 Å². The highest BCUT2D eigenvalue weighted by Crippen LogP contribution is 2.32. The maximum atomic E-state index is 13.0. The van der Waals surface area contributed by atoms with Gasteiger partial charge in [-0.2, -0.15) is 28.0 Å². The Morgan fingerprint density at radius 3 is 2.68 bits per heavy atom. The van der Waals surface area contributed by atoms with Crippen molar-refractivity contribution in [2.45, 2.75) is 25.9 Å². The van der Waals surface area contributed by atoms with Crippen LogP contribution in [0.5, 0.6) is 0 Å². The fourth-order valence-electron chi connectivity index (χ4n) is 2.62. The molecule has 0 bridgehead atoms. The first-order valence-electron chi connectivity index (χ1n) is 7.31. The Morgan fingerprint density at radius 1 is 1.36 bits per heavy atom. The SMILES string of the molecule is CC(C)c1c(-c2ccnc(C(F)(F)F)c2)[nH]c2c(C#N)cnn2c1=O. The number of alkyl halides is 3. The summed E-state index contributed by atoms with van der Waals surface area (Å²) in [5.41, 5.74) is -0.622. The minimum atomic E-state index is -4.60. The second kappa shape index (κ2) is 5.73. The van der Waals surface area contributed by atoms with E-state index in [9.17, 15) is 18.0 Å². The highest BCUT2D eigenvalue weighted by Gasteiger charge is 2.33. The molecule has 0 saturated carbocycles. The van der Waals surface area contributed by atoms with Gasteiger partial charge in [0.1, 0.15) is 17.3 Å². The average Bonchev–Trinajstić information content (AvgIpc) is 2.97. The molecule has 0 aliphatic rings. The van der Waals surface area contributed by atoms with Crippen LogP contribution in [0.2, 0.25) is 0 Å². The number of pyridine rings is 1. The molecule has 0 aromatic carbocycles. The number of H-pyrrole nitrogens is 1. The van der Waals surface area contributed by atoms with Crippen molar-refractivity contribution in [3.63, 3.8) is 0 Å². The lowest BCUT2D eigenvalue weighted by Gasteiger charge is -2.14. The molecule has 0 spiro atoms. The number of halogens is 3. The molecule has 0 fully saturated rings. The Kier molecular flexibility index (Phi) is 3.83. The van der Waals surface area contributed by atoms with E-state index in [1.807, 2.05) is 6.07 Å². The summed E-state index contributed by atoms with van der Waals surface area (Å²) >= 11 is 0. The zero-order valence-electron chi connectivity index (χ0n) is 13.2. The molecule has 1 N–H and O–H groups in total. The second-order valence-corrected chi connectivity index (χ2v) is 5.73. The lowest BCUT2D eigenvalue weighted by molar-refractivity contribution is -0.141. The van der Waals surface area contributed by atoms with Gasteiger partial charge in [0, 0.05) is 17.3 Å². The molecule has 0 radical (unpaired) electrons. The van der Waals surface area contributed by atoms with Crippen molar-refractivity contribution in [2.75, 3.05) is 0 Å². The molecule has 0 aliphatic heterocycles. The molecule has 25 heavy (non-hydrogen) atoms. The third-order valence-electron chi connectivity index (χ3n) is 3.74. The predicted molar refractivity (Wildman–Crippen MR) is 82.8 cm³/mol. The van der Waals surface area contributed by atoms with E-state index in [0.29, 0.717) is 0 Å². The lowest BCUT2D eigenvalue weighted by Crippen LogP contribution is -2.22. The molecule has 3 heterocycles. The summed E-state index contributed by atoms with van der Waals surface area (Å²) in [6, 6.07) is 4.15. The van der Waals surface area contributed by atoms with E-state index in [1.54, 1.807) is 13.8 Å². The molecule has 0 amide bonds. The molecule has 6 nitrogen and oxygen atoms in total. The van der Waals surface area contributed by atoms with Gasteiger partial charge in [0.05, 0.1) is 11.9 Å². The highest BCUT2D eigenvalue weighted by atomic mass is 19.4. The van der Waals surface area contributed by atoms with Gasteiger partial charge in [0.15, 0.2) is 5.65 Å². The fraction of sp³-hybridized carbons (Fsp3) is 0.250. The number of nitrogens with one attached hydrogen (secondary N) is 1. The first kappa shape index (κ1) is 16.7. The topological polar surface area (TPSA) is 86.8 Å². The van der Waals surface area contributed by atoms with Gasteiger partial charge in [0.2, 0.25) is 0 Å². The summed E-state index contributed by atoms with van der Waals surface area (Å²) in [5, 5.41) is 13.0. The first-order chi connectivity index (χ1) is 11.7. The van der Waals surface area contributed by atoms with Crippen molar-refractivity contribution >= 4 is 5.65 Å². The van der Waals surface area contributed by atoms with Crippen LogP contribution in [-0.2, 0) is 6.18 Å². The molecular formula is C16H12F3N5O. The lowest BCUT2D eigenvalue weighted by atomic mass is 9.98. The Hall–Kier alpha value is -3.15. The van der Waals surface area contributed by atoms with E-state index >= 15 is 0 Å². The van der Waals surface area contributed by atoms with Crippen LogP contribution in [0.15, 0.2) is 29.3 Å². The van der Waals surface area contributed by atoms with Gasteiger partial charge < -0.3 is 4.98 Å². The molecule has 3 aromatic rings. The van der Waals surface area contributed by atoms with Crippen LogP contribution in [0.25, 0.3) is 16.9 Å². The van der Waals surface area contributed by atoms with Crippen molar-refractivity contribution in [2.24, 2.45) is 0 Å². The number of nitrogens with zero attached hydrogens (tertiary/aromatic N) is 4. The predicted octanol–water partition coefficient (Wildman–Crippen LogP) is 3.10. The van der Waals surface area contributed by atoms with Gasteiger partial charge in [0.25, 0.3) is 5.56 Å². The van der Waals surface area contributed by atoms with Gasteiger partial charge in [-0.25, -0.2) is 0 Å². The van der Waals surface area contributed by atoms with E-state index in [2.05, 4.69) is 15.1 Å². The number of hydrogen-bond acceptors (Lipinski definition) is 4. The zero-order chi connectivity index (χ0) is 18.4. The van der Waals surface area contributed by atoms with Crippen LogP contribution >= 0.6 is 0 Å². The van der Waals surface area contributed by atoms with E-state index in [0.717, 1.165) is 16.8 Å². The van der Waals surface area contributed by atoms with Gasteiger partial charge in [-0.1, -0.05) is 13.8 Å². The molecular weight excluding hydrogens is 335 g/mol. The molecule has 3 rings (SSSR count). The number of fused-ring (bicyclic) bond motifs is 1. The van der Waals surface area contributed by atoms with E-state index < -0.39 is 17.4 Å². The maximum Gasteiger partial charge on any atom is 0.433 e. The number of hydrogen-bond donors (Lipinski definition) is 1. The Bertz CT molecular complexity index is 1060. The molecule has 0 saturated heterocycles. The van der Waals surface area contributed by atoms with Gasteiger partial charge in [-0.15, -0.1) is 0 Å². The standard InChI is InChI=1S/C16H12F3N5O/c1-8(2)12-13(9-3-4-21-11(5-9)16(17,18)19)23-14-10(6-20)7-22-24(14)15(12)25/h3-5,7-8,23H,1-2H3. The summed E-state index contributed by atoms with van der Waals surface area (Å²) < 4.78 is 39.9. The first-order valence-corrected chi connectivity index (χ1v) is 7.31. The number of aromatic amines is 1. The quantitative estimate of drug-likeness (QED) is 0.772. The van der Waals surface area contributed by atoms with Crippen LogP contribution in [0.1, 0.15) is 36.6 Å². The third kappa shape index (κ3) is 2.76. The largest absolute Gasteiger partial charge is 0.433 e. The van der Waals surface area contributed by atoms with E-state index in [1.165, 1.54) is 12.3 Å². The van der Waals surface area contributed by atoms with Crippen molar-refractivity contribution < 1.29 is 13.2 Å². The fourth-order valence-corrected chi connectivity index (χ4v) is 2.62. The van der Waals surface area contributed by atoms with Crippen molar-refractivity contribution in [1.82, 2.24) is 19.6 Å². The molecule has 9 heteroatoms. The van der Waals surface area contributed by atoms with Gasteiger partial charge in [-0.3, -0.25) is 9.78 Å². The van der Waals surface area contributed by atoms with Crippen molar-refractivity contribution in [1.29, 1.82) is 5.26 Å². The number of aromatic nitrogens is 4. The van der Waals surface area contributed by atoms with Crippen LogP contribution in [-0.4, -0.2) is 19.6 Å². The minimum Gasteiger partial charge on any atom is -0.338 e. The molecule has 0 unspecified atom stereocenters. The summed E-state index contributed by atoms with van der Waals surface area (Å²) in [6.45, 7) is 3.50. The third-order valence-corrected chi connectivity index (χ3v) is 3.74. The Labute approximate surface area is 139 Å². The van der Waals surface area contributed by atoms with Gasteiger partial charge >= 0.3 is 6.18 Å². The van der Waals surface area contributed by atoms with Gasteiger partial charge in [-0.05, 0) is 18.1 Å². The maximum absolute atomic E-state index is 13.0. The number of rotatable bonds is 2. The van der Waals surface area contributed by atoms with Crippen LogP contribution in [0.3, 0.4) is 0 Å². The second-order valence-electron chi connectivity index (χ2n) is 5.73. The molecule has 0 atom stereocenters. The zero-order valence-corrected chi connectivity index (χ0v) is 13.2. The minimum absolute atomic E-state index is 0.124. The van der Waals surface area contributed by atoms with E-state index in [-0.39, 0.29) is 33.9 Å². The highest BCUT2D eigenvalue weighted by molar-refractivity contribution is 5.68. The normalized spacial score (nSPS) is 11.9. The smallest absolute Gasteiger partial charge is 0.338 e. The molecule has 128 valence electrons. The van der Waals surface area contributed by atoms with Crippen LogP contribution in [0.4, 0.5) is 13.2 Å². The summed E-state index contributed by atoms with van der Waals surface area (Å²) in [6.07, 6.45) is -2.34. The number of nitriles is 1. The summed E-state index contributed by atoms with van der Waals surface area (Å²) in [4.78, 5) is 18.9.